The van der Waals surface area contributed by atoms with E-state index in [2.05, 4.69) is 24.2 Å². The number of nitrogens with zero attached hydrogens (tertiary/aromatic N) is 3. The molecule has 1 atom stereocenters. The van der Waals surface area contributed by atoms with Crippen LogP contribution in [0.1, 0.15) is 37.7 Å². The van der Waals surface area contributed by atoms with Gasteiger partial charge in [0.2, 0.25) is 0 Å². The number of carbonyl (C=O) groups excluding carboxylic acids is 1. The largest absolute Gasteiger partial charge is 0.460 e. The number of carbonyl (C=O) groups is 1. The first-order valence-electron chi connectivity index (χ1n) is 8.46. The van der Waals surface area contributed by atoms with Crippen LogP contribution in [0.3, 0.4) is 0 Å². The molecular weight excluding hydrogens is 354 g/mol. The zero-order valence-electron chi connectivity index (χ0n) is 15.0. The normalized spacial score (nSPS) is 12.1. The molecule has 1 heterocycles. The topological polar surface area (TPSA) is 57.0 Å². The van der Waals surface area contributed by atoms with Crippen molar-refractivity contribution in [3.05, 3.63) is 47.3 Å². The highest BCUT2D eigenvalue weighted by Gasteiger charge is 2.18. The smallest absolute Gasteiger partial charge is 0.319 e. The molecule has 2 aromatic rings. The molecule has 5 nitrogen and oxygen atoms in total. The van der Waals surface area contributed by atoms with Crippen LogP contribution in [-0.4, -0.2) is 32.0 Å². The molecule has 0 bridgehead atoms. The Morgan fingerprint density at radius 1 is 1.24 bits per heavy atom. The van der Waals surface area contributed by atoms with Crippen molar-refractivity contribution in [3.8, 4) is 0 Å². The van der Waals surface area contributed by atoms with Crippen molar-refractivity contribution in [2.24, 2.45) is 0 Å². The van der Waals surface area contributed by atoms with E-state index in [0.29, 0.717) is 12.4 Å². The molecule has 0 spiro atoms. The summed E-state index contributed by atoms with van der Waals surface area (Å²) in [6, 6.07) is 9.72. The van der Waals surface area contributed by atoms with Gasteiger partial charge >= 0.3 is 5.97 Å². The number of esters is 1. The van der Waals surface area contributed by atoms with Crippen LogP contribution < -0.4 is 0 Å². The molecule has 0 saturated carbocycles. The maximum atomic E-state index is 12.2. The van der Waals surface area contributed by atoms with E-state index >= 15 is 0 Å². The second-order valence-electron chi connectivity index (χ2n) is 5.48. The number of hydrogen-bond donors (Lipinski definition) is 0. The van der Waals surface area contributed by atoms with Crippen LogP contribution in [0.25, 0.3) is 0 Å². The Morgan fingerprint density at radius 3 is 2.68 bits per heavy atom. The van der Waals surface area contributed by atoms with Gasteiger partial charge in [0.25, 0.3) is 0 Å². The van der Waals surface area contributed by atoms with Gasteiger partial charge in [-0.1, -0.05) is 42.5 Å². The Morgan fingerprint density at radius 2 is 2.00 bits per heavy atom. The van der Waals surface area contributed by atoms with Crippen LogP contribution in [0.15, 0.2) is 30.3 Å². The average molecular weight is 380 g/mol. The zero-order valence-corrected chi connectivity index (χ0v) is 16.6. The fraction of sp³-hybridized carbons (Fsp3) is 0.500. The predicted molar refractivity (Wildman–Crippen MR) is 105 cm³/mol. The summed E-state index contributed by atoms with van der Waals surface area (Å²) in [4.78, 5) is 12.2. The Kier molecular flexibility index (Phi) is 8.34. The van der Waals surface area contributed by atoms with Crippen LogP contribution in [0.5, 0.6) is 0 Å². The van der Waals surface area contributed by atoms with Gasteiger partial charge in [-0.15, -0.1) is 16.9 Å². The van der Waals surface area contributed by atoms with Crippen molar-refractivity contribution in [1.82, 2.24) is 15.0 Å². The summed E-state index contributed by atoms with van der Waals surface area (Å²) < 4.78 is 7.34. The number of ether oxygens (including phenoxy) is 1. The Bertz CT molecular complexity index is 662. The number of hydrogen-bond acceptors (Lipinski definition) is 6. The monoisotopic (exact) mass is 379 g/mol. The van der Waals surface area contributed by atoms with Crippen molar-refractivity contribution in [1.29, 1.82) is 0 Å². The number of aromatic nitrogens is 3. The molecule has 1 aromatic heterocycles. The van der Waals surface area contributed by atoms with Gasteiger partial charge in [0.1, 0.15) is 6.61 Å². The van der Waals surface area contributed by atoms with Gasteiger partial charge in [-0.3, -0.25) is 4.79 Å². The maximum Gasteiger partial charge on any atom is 0.319 e. The second kappa shape index (κ2) is 10.5. The molecule has 7 heteroatoms. The van der Waals surface area contributed by atoms with Crippen LogP contribution >= 0.6 is 23.5 Å². The highest BCUT2D eigenvalue weighted by molar-refractivity contribution is 7.99. The number of rotatable bonds is 10. The van der Waals surface area contributed by atoms with Crippen molar-refractivity contribution in [2.75, 3.05) is 5.75 Å². The summed E-state index contributed by atoms with van der Waals surface area (Å²) >= 11 is 3.40. The molecule has 0 radical (unpaired) electrons. The molecule has 136 valence electrons. The van der Waals surface area contributed by atoms with E-state index in [1.54, 1.807) is 11.8 Å². The first kappa shape index (κ1) is 19.8. The molecule has 2 rings (SSSR count). The molecule has 0 aliphatic heterocycles. The quantitative estimate of drug-likeness (QED) is 0.583. The lowest BCUT2D eigenvalue weighted by molar-refractivity contribution is -0.143. The van der Waals surface area contributed by atoms with Crippen molar-refractivity contribution >= 4 is 29.5 Å². The zero-order chi connectivity index (χ0) is 18.1. The maximum absolute atomic E-state index is 12.2. The lowest BCUT2D eigenvalue weighted by atomic mass is 10.2. The molecular formula is C18H25N3O2S2. The fourth-order valence-electron chi connectivity index (χ4n) is 2.21. The molecule has 1 aromatic carbocycles. The summed E-state index contributed by atoms with van der Waals surface area (Å²) in [7, 11) is 0. The van der Waals surface area contributed by atoms with E-state index in [1.807, 2.05) is 53.7 Å². The van der Waals surface area contributed by atoms with Crippen molar-refractivity contribution in [3.63, 3.8) is 0 Å². The SMILES string of the molecule is CCSCc1c(CSC(C)C(=O)OCc2ccccc2)nnn1CC. The molecule has 0 aliphatic carbocycles. The summed E-state index contributed by atoms with van der Waals surface area (Å²) in [5.74, 6) is 2.44. The lowest BCUT2D eigenvalue weighted by Gasteiger charge is -2.11. The Hall–Kier alpha value is -1.47. The fourth-order valence-corrected chi connectivity index (χ4v) is 3.76. The summed E-state index contributed by atoms with van der Waals surface area (Å²) in [6.07, 6.45) is 0. The van der Waals surface area contributed by atoms with Crippen LogP contribution in [0, 0.1) is 0 Å². The van der Waals surface area contributed by atoms with Gasteiger partial charge in [-0.05, 0) is 25.2 Å². The minimum Gasteiger partial charge on any atom is -0.460 e. The van der Waals surface area contributed by atoms with E-state index in [4.69, 9.17) is 4.74 Å². The highest BCUT2D eigenvalue weighted by atomic mass is 32.2. The predicted octanol–water partition coefficient (Wildman–Crippen LogP) is 3.92. The van der Waals surface area contributed by atoms with Crippen molar-refractivity contribution < 1.29 is 9.53 Å². The average Bonchev–Trinajstić information content (AvgIpc) is 3.05. The minimum absolute atomic E-state index is 0.193. The van der Waals surface area contributed by atoms with E-state index in [1.165, 1.54) is 0 Å². The Labute approximate surface area is 157 Å². The van der Waals surface area contributed by atoms with Crippen LogP contribution in [-0.2, 0) is 34.2 Å². The van der Waals surface area contributed by atoms with Gasteiger partial charge in [0, 0.05) is 18.1 Å². The van der Waals surface area contributed by atoms with Gasteiger partial charge < -0.3 is 4.74 Å². The minimum atomic E-state index is -0.234. The van der Waals surface area contributed by atoms with E-state index in [-0.39, 0.29) is 11.2 Å². The van der Waals surface area contributed by atoms with Gasteiger partial charge in [-0.25, -0.2) is 4.68 Å². The van der Waals surface area contributed by atoms with Gasteiger partial charge in [0.05, 0.1) is 16.6 Å². The van der Waals surface area contributed by atoms with E-state index in [0.717, 1.165) is 35.0 Å². The third kappa shape index (κ3) is 6.08. The summed E-state index contributed by atoms with van der Waals surface area (Å²) in [6.45, 7) is 7.21. The van der Waals surface area contributed by atoms with Gasteiger partial charge in [0.15, 0.2) is 0 Å². The summed E-state index contributed by atoms with van der Waals surface area (Å²) in [5, 5.41) is 8.27. The van der Waals surface area contributed by atoms with Gasteiger partial charge in [-0.2, -0.15) is 11.8 Å². The van der Waals surface area contributed by atoms with E-state index < -0.39 is 0 Å². The van der Waals surface area contributed by atoms with E-state index in [9.17, 15) is 4.79 Å². The third-order valence-corrected chi connectivity index (χ3v) is 5.70. The Balaban J connectivity index is 1.85. The third-order valence-electron chi connectivity index (χ3n) is 3.69. The summed E-state index contributed by atoms with van der Waals surface area (Å²) in [5.41, 5.74) is 3.13. The number of benzene rings is 1. The highest BCUT2D eigenvalue weighted by Crippen LogP contribution is 2.23. The molecule has 0 N–H and O–H groups in total. The standard InChI is InChI=1S/C18H25N3O2S2/c1-4-21-17(13-24-5-2)16(19-20-21)12-25-14(3)18(22)23-11-15-9-7-6-8-10-15/h6-10,14H,4-5,11-13H2,1-3H3. The molecule has 0 fully saturated rings. The first-order valence-corrected chi connectivity index (χ1v) is 10.7. The number of thioether (sulfide) groups is 2. The molecule has 0 aliphatic rings. The molecule has 0 amide bonds. The molecule has 25 heavy (non-hydrogen) atoms. The molecule has 1 unspecified atom stereocenters. The van der Waals surface area contributed by atoms with Crippen LogP contribution in [0.4, 0.5) is 0 Å². The van der Waals surface area contributed by atoms with Crippen LogP contribution in [0.2, 0.25) is 0 Å². The lowest BCUT2D eigenvalue weighted by Crippen LogP contribution is -2.17. The second-order valence-corrected chi connectivity index (χ2v) is 8.09. The van der Waals surface area contributed by atoms with Crippen molar-refractivity contribution in [2.45, 2.75) is 50.7 Å². The molecule has 0 saturated heterocycles. The number of aryl methyl sites for hydroxylation is 1. The first-order chi connectivity index (χ1) is 12.2.